The number of aromatic nitrogens is 3. The lowest BCUT2D eigenvalue weighted by Crippen LogP contribution is -2.29. The highest BCUT2D eigenvalue weighted by atomic mass is 35.5. The summed E-state index contributed by atoms with van der Waals surface area (Å²) < 4.78 is 14.6. The summed E-state index contributed by atoms with van der Waals surface area (Å²) in [6.07, 6.45) is 2.96. The van der Waals surface area contributed by atoms with Crippen molar-refractivity contribution in [3.05, 3.63) is 58.6 Å². The average Bonchev–Trinajstić information content (AvgIpc) is 3.33. The summed E-state index contributed by atoms with van der Waals surface area (Å²) >= 11 is 12.2. The monoisotopic (exact) mass is 433 g/mol. The molecule has 6 nitrogen and oxygen atoms in total. The fourth-order valence-corrected chi connectivity index (χ4v) is 5.01. The molecule has 3 aromatic rings. The van der Waals surface area contributed by atoms with E-state index in [9.17, 15) is 5.11 Å². The largest absolute Gasteiger partial charge is 0.388 e. The van der Waals surface area contributed by atoms with Crippen molar-refractivity contribution in [3.8, 4) is 0 Å². The molecule has 0 radical (unpaired) electrons. The van der Waals surface area contributed by atoms with Gasteiger partial charge in [-0.05, 0) is 44.0 Å². The summed E-state index contributed by atoms with van der Waals surface area (Å²) in [5.41, 5.74) is 1.57. The van der Waals surface area contributed by atoms with Crippen molar-refractivity contribution in [2.45, 2.75) is 50.4 Å². The van der Waals surface area contributed by atoms with Crippen molar-refractivity contribution < 1.29 is 14.6 Å². The van der Waals surface area contributed by atoms with Crippen LogP contribution in [0.3, 0.4) is 0 Å². The number of aliphatic hydroxyl groups is 1. The van der Waals surface area contributed by atoms with Crippen LogP contribution < -0.4 is 0 Å². The molecule has 5 atom stereocenters. The lowest BCUT2D eigenvalue weighted by Gasteiger charge is -2.26. The Morgan fingerprint density at radius 3 is 2.59 bits per heavy atom. The Morgan fingerprint density at radius 1 is 1.10 bits per heavy atom. The van der Waals surface area contributed by atoms with E-state index >= 15 is 0 Å². The second-order valence-electron chi connectivity index (χ2n) is 8.15. The van der Waals surface area contributed by atoms with E-state index in [0.29, 0.717) is 16.6 Å². The summed E-state index contributed by atoms with van der Waals surface area (Å²) in [5.74, 6) is -0.857. The van der Waals surface area contributed by atoms with Crippen LogP contribution in [0.25, 0.3) is 11.0 Å². The second kappa shape index (κ2) is 6.93. The molecule has 1 aliphatic carbocycles. The molecule has 2 aliphatic rings. The van der Waals surface area contributed by atoms with Crippen molar-refractivity contribution in [2.24, 2.45) is 5.92 Å². The Balaban J connectivity index is 1.53. The average molecular weight is 434 g/mol. The Hall–Kier alpha value is -1.70. The first-order valence-corrected chi connectivity index (χ1v) is 10.4. The zero-order valence-electron chi connectivity index (χ0n) is 16.0. The van der Waals surface area contributed by atoms with Crippen LogP contribution in [0.1, 0.15) is 38.0 Å². The zero-order valence-corrected chi connectivity index (χ0v) is 17.5. The summed E-state index contributed by atoms with van der Waals surface area (Å²) in [4.78, 5) is 8.49. The molecule has 0 amide bonds. The minimum atomic E-state index is -0.721. The van der Waals surface area contributed by atoms with E-state index in [1.54, 1.807) is 12.1 Å². The second-order valence-corrected chi connectivity index (χ2v) is 8.95. The maximum Gasteiger partial charge on any atom is 0.163 e. The number of benzene rings is 1. The molecular weight excluding hydrogens is 413 g/mol. The molecule has 0 bridgehead atoms. The molecule has 1 aliphatic heterocycles. The van der Waals surface area contributed by atoms with Gasteiger partial charge in [-0.1, -0.05) is 35.3 Å². The molecule has 8 heteroatoms. The molecule has 2 fully saturated rings. The van der Waals surface area contributed by atoms with Crippen LogP contribution in [-0.4, -0.2) is 37.6 Å². The minimum absolute atomic E-state index is 0.0443. The van der Waals surface area contributed by atoms with Crippen molar-refractivity contribution in [1.29, 1.82) is 0 Å². The van der Waals surface area contributed by atoms with Crippen LogP contribution in [0, 0.1) is 5.92 Å². The molecule has 5 rings (SSSR count). The maximum atomic E-state index is 11.2. The Kier molecular flexibility index (Phi) is 4.60. The van der Waals surface area contributed by atoms with Gasteiger partial charge in [0.15, 0.2) is 5.79 Å². The summed E-state index contributed by atoms with van der Waals surface area (Å²) in [5, 5.41) is 13.0. The third-order valence-corrected chi connectivity index (χ3v) is 6.47. The van der Waals surface area contributed by atoms with Gasteiger partial charge in [0.05, 0.1) is 23.6 Å². The third-order valence-electron chi connectivity index (χ3n) is 5.91. The van der Waals surface area contributed by atoms with Crippen LogP contribution >= 0.6 is 23.2 Å². The fraction of sp³-hybridized carbons (Fsp3) is 0.429. The normalized spacial score (nSPS) is 29.3. The quantitative estimate of drug-likeness (QED) is 0.613. The van der Waals surface area contributed by atoms with E-state index in [2.05, 4.69) is 14.5 Å². The van der Waals surface area contributed by atoms with Gasteiger partial charge in [0, 0.05) is 17.1 Å². The number of fused-ring (bicyclic) bond motifs is 2. The lowest BCUT2D eigenvalue weighted by molar-refractivity contribution is -0.165. The molecular formula is C21H21Cl2N3O3. The van der Waals surface area contributed by atoms with E-state index in [4.69, 9.17) is 32.7 Å². The Morgan fingerprint density at radius 2 is 1.83 bits per heavy atom. The van der Waals surface area contributed by atoms with Gasteiger partial charge in [0.25, 0.3) is 0 Å². The van der Waals surface area contributed by atoms with Gasteiger partial charge in [-0.15, -0.1) is 0 Å². The van der Waals surface area contributed by atoms with E-state index in [-0.39, 0.29) is 24.2 Å². The number of ether oxygens (including phenoxy) is 2. The maximum absolute atomic E-state index is 11.2. The Bertz CT molecular complexity index is 1050. The molecule has 152 valence electrons. The lowest BCUT2D eigenvalue weighted by atomic mass is 9.92. The highest BCUT2D eigenvalue weighted by molar-refractivity contribution is 6.33. The molecule has 0 unspecified atom stereocenters. The predicted octanol–water partition coefficient (Wildman–Crippen LogP) is 4.55. The summed E-state index contributed by atoms with van der Waals surface area (Å²) in [6.45, 7) is 3.81. The number of hydrogen-bond donors (Lipinski definition) is 1. The third kappa shape index (κ3) is 3.23. The van der Waals surface area contributed by atoms with Gasteiger partial charge in [-0.3, -0.25) is 0 Å². The Labute approximate surface area is 178 Å². The van der Waals surface area contributed by atoms with Crippen LogP contribution in [0.15, 0.2) is 42.9 Å². The van der Waals surface area contributed by atoms with Crippen LogP contribution in [0.4, 0.5) is 0 Å². The first kappa shape index (κ1) is 19.3. The smallest absolute Gasteiger partial charge is 0.163 e. The molecule has 1 saturated heterocycles. The number of rotatable bonds is 3. The number of aliphatic hydroxyl groups excluding tert-OH is 1. The first-order valence-electron chi connectivity index (χ1n) is 9.60. The van der Waals surface area contributed by atoms with Crippen LogP contribution in [0.2, 0.25) is 10.2 Å². The van der Waals surface area contributed by atoms with E-state index in [1.807, 2.05) is 38.2 Å². The molecule has 3 heterocycles. The van der Waals surface area contributed by atoms with Gasteiger partial charge in [0.2, 0.25) is 0 Å². The molecule has 1 saturated carbocycles. The van der Waals surface area contributed by atoms with Gasteiger partial charge in [0.1, 0.15) is 23.2 Å². The molecule has 29 heavy (non-hydrogen) atoms. The van der Waals surface area contributed by atoms with E-state index in [1.165, 1.54) is 6.33 Å². The molecule has 1 N–H and O–H groups in total. The van der Waals surface area contributed by atoms with Crippen molar-refractivity contribution in [1.82, 2.24) is 14.5 Å². The van der Waals surface area contributed by atoms with E-state index in [0.717, 1.165) is 16.6 Å². The summed E-state index contributed by atoms with van der Waals surface area (Å²) in [6, 6.07) is 9.16. The fourth-order valence-electron chi connectivity index (χ4n) is 4.69. The number of nitrogens with zero attached hydrogens (tertiary/aromatic N) is 3. The van der Waals surface area contributed by atoms with Crippen molar-refractivity contribution in [3.63, 3.8) is 0 Å². The number of hydrogen-bond acceptors (Lipinski definition) is 5. The van der Waals surface area contributed by atoms with Gasteiger partial charge >= 0.3 is 0 Å². The molecule has 2 aromatic heterocycles. The first-order chi connectivity index (χ1) is 13.8. The zero-order chi connectivity index (χ0) is 20.3. The van der Waals surface area contributed by atoms with Gasteiger partial charge in [-0.25, -0.2) is 9.97 Å². The standard InChI is InChI=1S/C21H21Cl2N3O3/c1-21(2)28-17-14(16(27)11-3-5-12(22)6-4-11)9-15(18(17)29-21)26-8-7-13-19(23)24-10-25-20(13)26/h3-8,10,14-18,27H,9H2,1-2H3/t14-,15-,16+,17-,18+/m1/s1. The van der Waals surface area contributed by atoms with Crippen LogP contribution in [0.5, 0.6) is 0 Å². The topological polar surface area (TPSA) is 69.4 Å². The summed E-state index contributed by atoms with van der Waals surface area (Å²) in [7, 11) is 0. The van der Waals surface area contributed by atoms with E-state index < -0.39 is 11.9 Å². The predicted molar refractivity (Wildman–Crippen MR) is 110 cm³/mol. The van der Waals surface area contributed by atoms with Gasteiger partial charge in [-0.2, -0.15) is 0 Å². The van der Waals surface area contributed by atoms with Crippen molar-refractivity contribution >= 4 is 34.2 Å². The van der Waals surface area contributed by atoms with Gasteiger partial charge < -0.3 is 19.1 Å². The highest BCUT2D eigenvalue weighted by Gasteiger charge is 2.56. The SMILES string of the molecule is CC1(C)O[C@@H]2[C@@H]([C@@H](O)c3ccc(Cl)cc3)C[C@@H](n3ccc4c(Cl)ncnc43)[C@@H]2O1. The number of halogens is 2. The molecule has 1 aromatic carbocycles. The minimum Gasteiger partial charge on any atom is -0.388 e. The highest BCUT2D eigenvalue weighted by Crippen LogP contribution is 2.51. The molecule has 0 spiro atoms. The van der Waals surface area contributed by atoms with Crippen molar-refractivity contribution in [2.75, 3.05) is 0 Å². The van der Waals surface area contributed by atoms with Crippen LogP contribution in [-0.2, 0) is 9.47 Å².